The van der Waals surface area contributed by atoms with E-state index in [1.54, 1.807) is 41.3 Å². The predicted molar refractivity (Wildman–Crippen MR) is 107 cm³/mol. The van der Waals surface area contributed by atoms with E-state index in [0.717, 1.165) is 12.8 Å². The second kappa shape index (κ2) is 9.41. The molecule has 0 aliphatic heterocycles. The molecule has 27 heavy (non-hydrogen) atoms. The molecule has 0 aliphatic rings. The molecule has 0 spiro atoms. The van der Waals surface area contributed by atoms with Gasteiger partial charge in [0.1, 0.15) is 5.75 Å². The number of hydrogen-bond acceptors (Lipinski definition) is 4. The van der Waals surface area contributed by atoms with Gasteiger partial charge in [0.25, 0.3) is 15.9 Å². The summed E-state index contributed by atoms with van der Waals surface area (Å²) in [5, 5.41) is 0. The number of methoxy groups -OCH3 is 1. The van der Waals surface area contributed by atoms with Crippen LogP contribution < -0.4 is 9.46 Å². The molecule has 0 atom stereocenters. The quantitative estimate of drug-likeness (QED) is 0.707. The molecular formula is C20H26N2O4S. The van der Waals surface area contributed by atoms with Crippen molar-refractivity contribution in [2.24, 2.45) is 0 Å². The molecule has 0 unspecified atom stereocenters. The zero-order valence-electron chi connectivity index (χ0n) is 15.9. The maximum absolute atomic E-state index is 12.8. The SMILES string of the molecule is CCCCN(CC)C(=O)c1cccc(S(=O)(=O)Nc2ccccc2OC)c1. The van der Waals surface area contributed by atoms with Gasteiger partial charge in [-0.3, -0.25) is 9.52 Å². The number of benzene rings is 2. The third kappa shape index (κ3) is 5.23. The summed E-state index contributed by atoms with van der Waals surface area (Å²) in [4.78, 5) is 14.5. The third-order valence-corrected chi connectivity index (χ3v) is 5.56. The molecule has 2 aromatic rings. The topological polar surface area (TPSA) is 75.7 Å². The summed E-state index contributed by atoms with van der Waals surface area (Å²) < 4.78 is 33.2. The minimum atomic E-state index is -3.85. The van der Waals surface area contributed by atoms with Crippen molar-refractivity contribution >= 4 is 21.6 Å². The molecule has 146 valence electrons. The van der Waals surface area contributed by atoms with Crippen LogP contribution in [0.5, 0.6) is 5.75 Å². The van der Waals surface area contributed by atoms with E-state index >= 15 is 0 Å². The van der Waals surface area contributed by atoms with Crippen molar-refractivity contribution in [3.63, 3.8) is 0 Å². The van der Waals surface area contributed by atoms with Crippen molar-refractivity contribution < 1.29 is 17.9 Å². The van der Waals surface area contributed by atoms with Crippen LogP contribution in [0.1, 0.15) is 37.0 Å². The Bertz CT molecular complexity index is 881. The van der Waals surface area contributed by atoms with Crippen LogP contribution in [0.2, 0.25) is 0 Å². The molecule has 1 N–H and O–H groups in total. The smallest absolute Gasteiger partial charge is 0.262 e. The highest BCUT2D eigenvalue weighted by Crippen LogP contribution is 2.26. The number of para-hydroxylation sites is 2. The summed E-state index contributed by atoms with van der Waals surface area (Å²) in [7, 11) is -2.38. The number of ether oxygens (including phenoxy) is 1. The lowest BCUT2D eigenvalue weighted by Gasteiger charge is -2.21. The van der Waals surface area contributed by atoms with E-state index in [9.17, 15) is 13.2 Å². The largest absolute Gasteiger partial charge is 0.495 e. The Morgan fingerprint density at radius 3 is 2.52 bits per heavy atom. The van der Waals surface area contributed by atoms with Gasteiger partial charge in [0.15, 0.2) is 0 Å². The van der Waals surface area contributed by atoms with Gasteiger partial charge in [-0.25, -0.2) is 8.42 Å². The number of rotatable bonds is 9. The normalized spacial score (nSPS) is 11.1. The molecule has 1 amide bonds. The van der Waals surface area contributed by atoms with Crippen molar-refractivity contribution in [3.05, 3.63) is 54.1 Å². The van der Waals surface area contributed by atoms with Gasteiger partial charge in [-0.2, -0.15) is 0 Å². The molecule has 0 saturated carbocycles. The van der Waals surface area contributed by atoms with Crippen LogP contribution in [0.25, 0.3) is 0 Å². The summed E-state index contributed by atoms with van der Waals surface area (Å²) in [6.07, 6.45) is 1.90. The minimum Gasteiger partial charge on any atom is -0.495 e. The fourth-order valence-electron chi connectivity index (χ4n) is 2.66. The number of anilines is 1. The van der Waals surface area contributed by atoms with Crippen molar-refractivity contribution in [1.82, 2.24) is 4.90 Å². The lowest BCUT2D eigenvalue weighted by Crippen LogP contribution is -2.31. The number of sulfonamides is 1. The predicted octanol–water partition coefficient (Wildman–Crippen LogP) is 3.76. The van der Waals surface area contributed by atoms with Crippen LogP contribution in [0.3, 0.4) is 0 Å². The first kappa shape index (κ1) is 20.8. The number of nitrogens with one attached hydrogen (secondary N) is 1. The third-order valence-electron chi connectivity index (χ3n) is 4.19. The monoisotopic (exact) mass is 390 g/mol. The summed E-state index contributed by atoms with van der Waals surface area (Å²) >= 11 is 0. The molecule has 6 nitrogen and oxygen atoms in total. The van der Waals surface area contributed by atoms with E-state index in [2.05, 4.69) is 11.6 Å². The fourth-order valence-corrected chi connectivity index (χ4v) is 3.78. The Labute approximate surface area is 161 Å². The first-order valence-electron chi connectivity index (χ1n) is 8.98. The van der Waals surface area contributed by atoms with E-state index in [-0.39, 0.29) is 10.8 Å². The van der Waals surface area contributed by atoms with Crippen LogP contribution >= 0.6 is 0 Å². The van der Waals surface area contributed by atoms with Crippen LogP contribution in [-0.4, -0.2) is 39.4 Å². The maximum Gasteiger partial charge on any atom is 0.262 e. The van der Waals surface area contributed by atoms with Gasteiger partial charge in [0, 0.05) is 18.7 Å². The Hall–Kier alpha value is -2.54. The molecule has 0 heterocycles. The van der Waals surface area contributed by atoms with Crippen molar-refractivity contribution in [3.8, 4) is 5.75 Å². The number of unbranched alkanes of at least 4 members (excludes halogenated alkanes) is 1. The van der Waals surface area contributed by atoms with Crippen molar-refractivity contribution in [2.75, 3.05) is 24.9 Å². The maximum atomic E-state index is 12.8. The van der Waals surface area contributed by atoms with E-state index < -0.39 is 10.0 Å². The van der Waals surface area contributed by atoms with Gasteiger partial charge < -0.3 is 9.64 Å². The Kier molecular flexibility index (Phi) is 7.24. The number of amides is 1. The lowest BCUT2D eigenvalue weighted by molar-refractivity contribution is 0.0762. The summed E-state index contributed by atoms with van der Waals surface area (Å²) in [6.45, 7) is 5.21. The van der Waals surface area contributed by atoms with Gasteiger partial charge in [0.05, 0.1) is 17.7 Å². The van der Waals surface area contributed by atoms with E-state index in [1.165, 1.54) is 19.2 Å². The second-order valence-corrected chi connectivity index (χ2v) is 7.75. The summed E-state index contributed by atoms with van der Waals surface area (Å²) in [5.74, 6) is 0.255. The molecule has 0 saturated heterocycles. The van der Waals surface area contributed by atoms with Crippen molar-refractivity contribution in [2.45, 2.75) is 31.6 Å². The number of carbonyl (C=O) groups excluding carboxylic acids is 1. The molecule has 7 heteroatoms. The lowest BCUT2D eigenvalue weighted by atomic mass is 10.2. The Morgan fingerprint density at radius 2 is 1.85 bits per heavy atom. The highest BCUT2D eigenvalue weighted by molar-refractivity contribution is 7.92. The van der Waals surface area contributed by atoms with E-state index in [4.69, 9.17) is 4.74 Å². The zero-order chi connectivity index (χ0) is 19.9. The molecule has 0 aromatic heterocycles. The van der Waals surface area contributed by atoms with Crippen LogP contribution in [0.15, 0.2) is 53.4 Å². The summed E-state index contributed by atoms with van der Waals surface area (Å²) in [5.41, 5.74) is 0.700. The summed E-state index contributed by atoms with van der Waals surface area (Å²) in [6, 6.07) is 12.9. The van der Waals surface area contributed by atoms with E-state index in [1.807, 2.05) is 6.92 Å². The van der Waals surface area contributed by atoms with Gasteiger partial charge in [-0.05, 0) is 43.7 Å². The molecule has 0 radical (unpaired) electrons. The average molecular weight is 391 g/mol. The number of nitrogens with zero attached hydrogens (tertiary/aromatic N) is 1. The fraction of sp³-hybridized carbons (Fsp3) is 0.350. The Morgan fingerprint density at radius 1 is 1.11 bits per heavy atom. The molecular weight excluding hydrogens is 364 g/mol. The highest BCUT2D eigenvalue weighted by Gasteiger charge is 2.20. The average Bonchev–Trinajstić information content (AvgIpc) is 2.68. The standard InChI is InChI=1S/C20H26N2O4S/c1-4-6-14-22(5-2)20(23)16-10-9-11-17(15-16)27(24,25)21-18-12-7-8-13-19(18)26-3/h7-13,15,21H,4-6,14H2,1-3H3. The first-order valence-corrected chi connectivity index (χ1v) is 10.5. The highest BCUT2D eigenvalue weighted by atomic mass is 32.2. The van der Waals surface area contributed by atoms with E-state index in [0.29, 0.717) is 30.1 Å². The van der Waals surface area contributed by atoms with Gasteiger partial charge >= 0.3 is 0 Å². The number of carbonyl (C=O) groups is 1. The van der Waals surface area contributed by atoms with Crippen molar-refractivity contribution in [1.29, 1.82) is 0 Å². The van der Waals surface area contributed by atoms with Crippen LogP contribution in [0, 0.1) is 0 Å². The molecule has 0 aliphatic carbocycles. The van der Waals surface area contributed by atoms with Gasteiger partial charge in [-0.15, -0.1) is 0 Å². The molecule has 0 fully saturated rings. The van der Waals surface area contributed by atoms with Gasteiger partial charge in [-0.1, -0.05) is 31.5 Å². The Balaban J connectivity index is 2.28. The zero-order valence-corrected chi connectivity index (χ0v) is 16.8. The molecule has 2 rings (SSSR count). The van der Waals surface area contributed by atoms with Crippen LogP contribution in [0.4, 0.5) is 5.69 Å². The molecule has 2 aromatic carbocycles. The second-order valence-electron chi connectivity index (χ2n) is 6.07. The molecule has 0 bridgehead atoms. The first-order chi connectivity index (χ1) is 12.9. The van der Waals surface area contributed by atoms with Gasteiger partial charge in [0.2, 0.25) is 0 Å². The van der Waals surface area contributed by atoms with Crippen LogP contribution in [-0.2, 0) is 10.0 Å². The number of hydrogen-bond donors (Lipinski definition) is 1. The minimum absolute atomic E-state index is 0.0331.